The van der Waals surface area contributed by atoms with Gasteiger partial charge in [-0.1, -0.05) is 0 Å². The molecule has 0 unspecified atom stereocenters. The standard InChI is InChI=1S/C12H7F9O3.C7HF5O/c1-23-2-11(18,19)12(20,21)3-24-10(22)4-5(13)7(15)9(17)8(16)6(4)14;8-3-2(1-13)4(9)6(11)7(12)5(3)10/h2-3H2,1H3;1H. The lowest BCUT2D eigenvalue weighted by molar-refractivity contribution is -0.242. The van der Waals surface area contributed by atoms with Crippen molar-refractivity contribution >= 4 is 12.3 Å². The normalized spacial score (nSPS) is 11.6. The summed E-state index contributed by atoms with van der Waals surface area (Å²) in [5, 5.41) is 0. The molecular weight excluding hydrogens is 558 g/mol. The minimum absolute atomic E-state index is 0.434. The van der Waals surface area contributed by atoms with E-state index in [-0.39, 0.29) is 0 Å². The molecule has 2 aromatic rings. The van der Waals surface area contributed by atoms with Crippen molar-refractivity contribution in [1.29, 1.82) is 0 Å². The van der Waals surface area contributed by atoms with Gasteiger partial charge < -0.3 is 9.47 Å². The lowest BCUT2D eigenvalue weighted by atomic mass is 10.1. The summed E-state index contributed by atoms with van der Waals surface area (Å²) in [5.74, 6) is -36.0. The molecule has 0 N–H and O–H groups in total. The molecule has 206 valence electrons. The van der Waals surface area contributed by atoms with Crippen molar-refractivity contribution in [2.24, 2.45) is 0 Å². The first-order valence-corrected chi connectivity index (χ1v) is 8.77. The van der Waals surface area contributed by atoms with Gasteiger partial charge in [-0.05, 0) is 0 Å². The zero-order valence-electron chi connectivity index (χ0n) is 17.4. The van der Waals surface area contributed by atoms with Crippen LogP contribution in [0.15, 0.2) is 0 Å². The zero-order valence-corrected chi connectivity index (χ0v) is 17.4. The summed E-state index contributed by atoms with van der Waals surface area (Å²) in [4.78, 5) is 21.2. The van der Waals surface area contributed by atoms with E-state index < -0.39 is 107 Å². The van der Waals surface area contributed by atoms with E-state index >= 15 is 0 Å². The van der Waals surface area contributed by atoms with E-state index in [9.17, 15) is 71.1 Å². The van der Waals surface area contributed by atoms with Crippen molar-refractivity contribution in [3.63, 3.8) is 0 Å². The summed E-state index contributed by atoms with van der Waals surface area (Å²) < 4.78 is 187. The third-order valence-electron chi connectivity index (χ3n) is 4.02. The van der Waals surface area contributed by atoms with Crippen LogP contribution in [0.25, 0.3) is 0 Å². The molecule has 0 aromatic heterocycles. The number of carbonyl (C=O) groups excluding carboxylic acids is 2. The Morgan fingerprint density at radius 2 is 0.946 bits per heavy atom. The summed E-state index contributed by atoms with van der Waals surface area (Å²) in [7, 11) is 0.671. The summed E-state index contributed by atoms with van der Waals surface area (Å²) >= 11 is 0. The number of carbonyl (C=O) groups is 2. The zero-order chi connectivity index (χ0) is 29.0. The molecular formula is C19H8F14O4. The summed E-state index contributed by atoms with van der Waals surface area (Å²) in [6.45, 7) is -4.16. The van der Waals surface area contributed by atoms with Gasteiger partial charge in [0.1, 0.15) is 12.2 Å². The van der Waals surface area contributed by atoms with Gasteiger partial charge in [0.25, 0.3) is 0 Å². The molecule has 4 nitrogen and oxygen atoms in total. The van der Waals surface area contributed by atoms with Crippen LogP contribution in [0.4, 0.5) is 61.5 Å². The SMILES string of the molecule is COCC(F)(F)C(F)(F)COC(=O)c1c(F)c(F)c(F)c(F)c1F.O=Cc1c(F)c(F)c(F)c(F)c1F. The minimum Gasteiger partial charge on any atom is -0.455 e. The molecule has 0 saturated carbocycles. The summed E-state index contributed by atoms with van der Waals surface area (Å²) in [5.41, 5.74) is -3.64. The molecule has 0 heterocycles. The third-order valence-corrected chi connectivity index (χ3v) is 4.02. The number of hydrogen-bond acceptors (Lipinski definition) is 4. The Balaban J connectivity index is 0.000000442. The molecule has 0 bridgehead atoms. The molecule has 2 rings (SSSR count). The highest BCUT2D eigenvalue weighted by Gasteiger charge is 2.57. The highest BCUT2D eigenvalue weighted by Crippen LogP contribution is 2.35. The van der Waals surface area contributed by atoms with Gasteiger partial charge >= 0.3 is 17.8 Å². The fraction of sp³-hybridized carbons (Fsp3) is 0.263. The number of hydrogen-bond donors (Lipinski definition) is 0. The van der Waals surface area contributed by atoms with Gasteiger partial charge in [0.05, 0.1) is 5.56 Å². The van der Waals surface area contributed by atoms with E-state index in [0.29, 0.717) is 7.11 Å². The van der Waals surface area contributed by atoms with E-state index in [1.807, 2.05) is 0 Å². The van der Waals surface area contributed by atoms with Gasteiger partial charge in [0.15, 0.2) is 59.4 Å². The molecule has 18 heteroatoms. The topological polar surface area (TPSA) is 52.6 Å². The first-order valence-electron chi connectivity index (χ1n) is 8.77. The number of alkyl halides is 4. The third kappa shape index (κ3) is 6.28. The smallest absolute Gasteiger partial charge is 0.345 e. The molecule has 0 fully saturated rings. The molecule has 0 saturated heterocycles. The van der Waals surface area contributed by atoms with Crippen LogP contribution >= 0.6 is 0 Å². The van der Waals surface area contributed by atoms with E-state index in [4.69, 9.17) is 0 Å². The number of ether oxygens (including phenoxy) is 2. The molecule has 0 aliphatic carbocycles. The van der Waals surface area contributed by atoms with Crippen molar-refractivity contribution in [3.8, 4) is 0 Å². The highest BCUT2D eigenvalue weighted by molar-refractivity contribution is 5.90. The van der Waals surface area contributed by atoms with Gasteiger partial charge in [-0.25, -0.2) is 48.7 Å². The molecule has 0 aliphatic rings. The second-order valence-corrected chi connectivity index (χ2v) is 6.46. The van der Waals surface area contributed by atoms with Crippen molar-refractivity contribution in [3.05, 3.63) is 69.3 Å². The average molecular weight is 566 g/mol. The fourth-order valence-electron chi connectivity index (χ4n) is 2.13. The number of halogens is 14. The van der Waals surface area contributed by atoms with Crippen LogP contribution in [-0.2, 0) is 9.47 Å². The Kier molecular flexibility index (Phi) is 10.0. The van der Waals surface area contributed by atoms with Crippen LogP contribution in [0, 0.1) is 58.2 Å². The van der Waals surface area contributed by atoms with Gasteiger partial charge in [-0.3, -0.25) is 4.79 Å². The average Bonchev–Trinajstić information content (AvgIpc) is 2.83. The molecule has 2 aromatic carbocycles. The molecule has 37 heavy (non-hydrogen) atoms. The van der Waals surface area contributed by atoms with Crippen LogP contribution in [0.1, 0.15) is 20.7 Å². The van der Waals surface area contributed by atoms with Crippen molar-refractivity contribution in [2.45, 2.75) is 11.8 Å². The number of rotatable bonds is 7. The maximum Gasteiger partial charge on any atom is 0.345 e. The molecule has 0 spiro atoms. The lowest BCUT2D eigenvalue weighted by Crippen LogP contribution is -2.47. The number of benzene rings is 2. The van der Waals surface area contributed by atoms with Crippen molar-refractivity contribution in [1.82, 2.24) is 0 Å². The number of esters is 1. The second kappa shape index (κ2) is 11.7. The summed E-state index contributed by atoms with van der Waals surface area (Å²) in [6, 6.07) is 0. The highest BCUT2D eigenvalue weighted by atomic mass is 19.3. The largest absolute Gasteiger partial charge is 0.455 e. The molecule has 0 atom stereocenters. The van der Waals surface area contributed by atoms with E-state index in [0.717, 1.165) is 0 Å². The van der Waals surface area contributed by atoms with E-state index in [2.05, 4.69) is 9.47 Å². The van der Waals surface area contributed by atoms with Crippen molar-refractivity contribution < 1.29 is 80.5 Å². The summed E-state index contributed by atoms with van der Waals surface area (Å²) in [6.07, 6.45) is -0.434. The molecule has 0 aliphatic heterocycles. The Hall–Kier alpha value is -3.44. The fourth-order valence-corrected chi connectivity index (χ4v) is 2.13. The van der Waals surface area contributed by atoms with Gasteiger partial charge in [0.2, 0.25) is 11.6 Å². The monoisotopic (exact) mass is 566 g/mol. The van der Waals surface area contributed by atoms with Crippen LogP contribution in [0.3, 0.4) is 0 Å². The van der Waals surface area contributed by atoms with E-state index in [1.54, 1.807) is 0 Å². The second-order valence-electron chi connectivity index (χ2n) is 6.46. The Morgan fingerprint density at radius 1 is 0.622 bits per heavy atom. The van der Waals surface area contributed by atoms with Crippen molar-refractivity contribution in [2.75, 3.05) is 20.3 Å². The number of aldehydes is 1. The Labute approximate surface area is 195 Å². The predicted octanol–water partition coefficient (Wildman–Crippen LogP) is 5.65. The van der Waals surface area contributed by atoms with Crippen LogP contribution in [0.5, 0.6) is 0 Å². The number of methoxy groups -OCH3 is 1. The van der Waals surface area contributed by atoms with Crippen LogP contribution in [-0.4, -0.2) is 44.4 Å². The first kappa shape index (κ1) is 31.6. The predicted molar refractivity (Wildman–Crippen MR) is 89.9 cm³/mol. The quantitative estimate of drug-likeness (QED) is 0.143. The van der Waals surface area contributed by atoms with Gasteiger partial charge in [0, 0.05) is 7.11 Å². The first-order chi connectivity index (χ1) is 16.9. The van der Waals surface area contributed by atoms with Crippen LogP contribution < -0.4 is 0 Å². The van der Waals surface area contributed by atoms with Gasteiger partial charge in [-0.15, -0.1) is 0 Å². The maximum absolute atomic E-state index is 13.3. The van der Waals surface area contributed by atoms with E-state index in [1.165, 1.54) is 0 Å². The molecule has 0 radical (unpaired) electrons. The minimum atomic E-state index is -5.03. The Morgan fingerprint density at radius 3 is 1.30 bits per heavy atom. The maximum atomic E-state index is 13.3. The lowest BCUT2D eigenvalue weighted by Gasteiger charge is -2.25. The Bertz CT molecular complexity index is 1140. The van der Waals surface area contributed by atoms with Crippen LogP contribution in [0.2, 0.25) is 0 Å². The molecule has 0 amide bonds. The van der Waals surface area contributed by atoms with Gasteiger partial charge in [-0.2, -0.15) is 17.6 Å².